The van der Waals surface area contributed by atoms with Crippen LogP contribution in [0, 0.1) is 5.92 Å². The second kappa shape index (κ2) is 4.30. The molecule has 0 radical (unpaired) electrons. The molecule has 1 saturated heterocycles. The topological polar surface area (TPSA) is 16.1 Å². The van der Waals surface area contributed by atoms with Crippen LogP contribution in [0.4, 0.5) is 5.69 Å². The summed E-state index contributed by atoms with van der Waals surface area (Å²) >= 11 is 3.33. The Morgan fingerprint density at radius 2 is 2.57 bits per heavy atom. The zero-order valence-corrected chi connectivity index (χ0v) is 9.76. The van der Waals surface area contributed by atoms with E-state index in [1.165, 1.54) is 6.42 Å². The van der Waals surface area contributed by atoms with Gasteiger partial charge in [0.15, 0.2) is 0 Å². The van der Waals surface area contributed by atoms with Gasteiger partial charge in [-0.3, -0.25) is 4.98 Å². The smallest absolute Gasteiger partial charge is 0.0853 e. The number of nitrogens with zero attached hydrogens (tertiary/aromatic N) is 2. The Hall–Kier alpha value is -0.570. The maximum absolute atomic E-state index is 7.93. The molecule has 2 heterocycles. The minimum atomic E-state index is -0.119. The molecule has 76 valence electrons. The van der Waals surface area contributed by atoms with Gasteiger partial charge in [-0.2, -0.15) is 0 Å². The first-order valence-corrected chi connectivity index (χ1v) is 5.68. The Morgan fingerprint density at radius 1 is 1.71 bits per heavy atom. The van der Waals surface area contributed by atoms with Crippen molar-refractivity contribution in [3.05, 3.63) is 22.9 Å². The van der Waals surface area contributed by atoms with E-state index in [4.69, 9.17) is 4.11 Å². The lowest BCUT2D eigenvalue weighted by Crippen LogP contribution is -2.34. The molecular formula is C11H15BrN2. The van der Waals surface area contributed by atoms with Crippen LogP contribution in [0.3, 0.4) is 0 Å². The first-order valence-electron chi connectivity index (χ1n) is 6.39. The molecule has 0 aliphatic carbocycles. The van der Waals surface area contributed by atoms with E-state index in [1.54, 1.807) is 0 Å². The first kappa shape index (κ1) is 6.83. The van der Waals surface area contributed by atoms with Gasteiger partial charge >= 0.3 is 0 Å². The highest BCUT2D eigenvalue weighted by molar-refractivity contribution is 9.10. The van der Waals surface area contributed by atoms with Crippen molar-refractivity contribution in [3.63, 3.8) is 0 Å². The van der Waals surface area contributed by atoms with Gasteiger partial charge in [-0.25, -0.2) is 0 Å². The molecule has 14 heavy (non-hydrogen) atoms. The number of hydrogen-bond donors (Lipinski definition) is 0. The SMILES string of the molecule is [2H]c1nc([2H])c(Br)c(N2CCCC(C)C2)c1[2H]. The molecule has 1 unspecified atom stereocenters. The van der Waals surface area contributed by atoms with Crippen LogP contribution in [0.25, 0.3) is 0 Å². The van der Waals surface area contributed by atoms with Gasteiger partial charge < -0.3 is 4.90 Å². The fraction of sp³-hybridized carbons (Fsp3) is 0.545. The fourth-order valence-electron chi connectivity index (χ4n) is 1.88. The molecule has 1 fully saturated rings. The molecule has 0 bridgehead atoms. The maximum atomic E-state index is 7.93. The molecule has 1 aromatic heterocycles. The third-order valence-corrected chi connectivity index (χ3v) is 3.12. The minimum Gasteiger partial charge on any atom is -0.370 e. The number of halogens is 1. The third kappa shape index (κ3) is 2.08. The lowest BCUT2D eigenvalue weighted by atomic mass is 10.00. The number of piperidine rings is 1. The van der Waals surface area contributed by atoms with E-state index in [0.29, 0.717) is 16.1 Å². The maximum Gasteiger partial charge on any atom is 0.0853 e. The second-order valence-corrected chi connectivity index (χ2v) is 4.61. The number of anilines is 1. The average molecular weight is 258 g/mol. The summed E-state index contributed by atoms with van der Waals surface area (Å²) in [5.41, 5.74) is 0.654. The highest BCUT2D eigenvalue weighted by Crippen LogP contribution is 2.28. The lowest BCUT2D eigenvalue weighted by Gasteiger charge is -2.33. The second-order valence-electron chi connectivity index (χ2n) is 3.82. The van der Waals surface area contributed by atoms with Crippen molar-refractivity contribution < 1.29 is 4.11 Å². The molecule has 1 atom stereocenters. The molecule has 3 heteroatoms. The van der Waals surface area contributed by atoms with Crippen molar-refractivity contribution in [2.75, 3.05) is 18.0 Å². The van der Waals surface area contributed by atoms with Crippen molar-refractivity contribution in [2.24, 2.45) is 5.92 Å². The Morgan fingerprint density at radius 3 is 3.36 bits per heavy atom. The molecule has 0 N–H and O–H groups in total. The number of hydrogen-bond acceptors (Lipinski definition) is 2. The average Bonchev–Trinajstić information content (AvgIpc) is 2.27. The summed E-state index contributed by atoms with van der Waals surface area (Å²) in [6.07, 6.45) is 2.22. The summed E-state index contributed by atoms with van der Waals surface area (Å²) in [6.45, 7) is 3.96. The Balaban J connectivity index is 2.43. The summed E-state index contributed by atoms with van der Waals surface area (Å²) in [7, 11) is 0. The molecule has 1 aliphatic rings. The fourth-order valence-corrected chi connectivity index (χ4v) is 2.31. The van der Waals surface area contributed by atoms with E-state index in [0.717, 1.165) is 19.5 Å². The van der Waals surface area contributed by atoms with Gasteiger partial charge in [0.05, 0.1) is 14.3 Å². The molecule has 1 aromatic rings. The van der Waals surface area contributed by atoms with Crippen molar-refractivity contribution >= 4 is 21.6 Å². The minimum absolute atomic E-state index is 0.0410. The predicted octanol–water partition coefficient (Wildman–Crippen LogP) is 3.08. The van der Waals surface area contributed by atoms with Crippen LogP contribution in [0.15, 0.2) is 22.9 Å². The number of aromatic nitrogens is 1. The quantitative estimate of drug-likeness (QED) is 0.769. The van der Waals surface area contributed by atoms with Crippen LogP contribution < -0.4 is 4.90 Å². The van der Waals surface area contributed by atoms with Crippen molar-refractivity contribution in [1.82, 2.24) is 4.98 Å². The summed E-state index contributed by atoms with van der Waals surface area (Å²) in [5, 5.41) is 0. The zero-order valence-electron chi connectivity index (χ0n) is 11.2. The van der Waals surface area contributed by atoms with Crippen LogP contribution >= 0.6 is 15.9 Å². The summed E-state index contributed by atoms with van der Waals surface area (Å²) in [6, 6.07) is 0.113. The highest BCUT2D eigenvalue weighted by Gasteiger charge is 2.17. The first-order chi connectivity index (χ1) is 8.00. The Labute approximate surface area is 97.7 Å². The largest absolute Gasteiger partial charge is 0.370 e. The summed E-state index contributed by atoms with van der Waals surface area (Å²) in [4.78, 5) is 5.82. The third-order valence-electron chi connectivity index (χ3n) is 2.57. The summed E-state index contributed by atoms with van der Waals surface area (Å²) < 4.78 is 23.7. The number of pyridine rings is 1. The summed E-state index contributed by atoms with van der Waals surface area (Å²) in [5.74, 6) is 0.589. The monoisotopic (exact) mass is 257 g/mol. The van der Waals surface area contributed by atoms with Crippen LogP contribution in [0.1, 0.15) is 23.9 Å². The molecule has 0 aromatic carbocycles. The van der Waals surface area contributed by atoms with E-state index in [2.05, 4.69) is 32.7 Å². The van der Waals surface area contributed by atoms with Gasteiger partial charge in [-0.1, -0.05) is 6.92 Å². The van der Waals surface area contributed by atoms with E-state index < -0.39 is 0 Å². The van der Waals surface area contributed by atoms with Crippen LogP contribution in [0.2, 0.25) is 0 Å². The van der Waals surface area contributed by atoms with Crippen LogP contribution in [-0.4, -0.2) is 18.1 Å². The van der Waals surface area contributed by atoms with Gasteiger partial charge in [0.2, 0.25) is 0 Å². The van der Waals surface area contributed by atoms with E-state index in [9.17, 15) is 0 Å². The molecule has 0 saturated carbocycles. The molecule has 2 nitrogen and oxygen atoms in total. The van der Waals surface area contributed by atoms with Crippen molar-refractivity contribution in [1.29, 1.82) is 0 Å². The van der Waals surface area contributed by atoms with Crippen LogP contribution in [-0.2, 0) is 0 Å². The standard InChI is InChI=1S/C11H15BrN2/c1-9-3-2-6-14(8-9)11-4-5-13-7-10(11)12/h4-5,7,9H,2-3,6,8H2,1H3/i4D,5D,7D. The Kier molecular flexibility index (Phi) is 2.10. The normalized spacial score (nSPS) is 25.4. The van der Waals surface area contributed by atoms with Crippen LogP contribution in [0.5, 0.6) is 0 Å². The van der Waals surface area contributed by atoms with Gasteiger partial charge in [-0.15, -0.1) is 0 Å². The van der Waals surface area contributed by atoms with Gasteiger partial charge in [0.1, 0.15) is 0 Å². The van der Waals surface area contributed by atoms with Gasteiger partial charge in [-0.05, 0) is 40.7 Å². The molecule has 0 spiro atoms. The molecular weight excluding hydrogens is 240 g/mol. The molecule has 0 amide bonds. The molecule has 1 aliphatic heterocycles. The highest BCUT2D eigenvalue weighted by atomic mass is 79.9. The zero-order chi connectivity index (χ0) is 12.6. The predicted molar refractivity (Wildman–Crippen MR) is 62.5 cm³/mol. The lowest BCUT2D eigenvalue weighted by molar-refractivity contribution is 0.446. The van der Waals surface area contributed by atoms with Crippen molar-refractivity contribution in [2.45, 2.75) is 19.8 Å². The van der Waals surface area contributed by atoms with Gasteiger partial charge in [0, 0.05) is 25.4 Å². The molecule has 2 rings (SSSR count). The van der Waals surface area contributed by atoms with Gasteiger partial charge in [0.25, 0.3) is 0 Å². The van der Waals surface area contributed by atoms with E-state index in [1.807, 2.05) is 0 Å². The Bertz CT molecular complexity index is 413. The van der Waals surface area contributed by atoms with E-state index in [-0.39, 0.29) is 18.4 Å². The van der Waals surface area contributed by atoms with E-state index >= 15 is 0 Å². The number of rotatable bonds is 1. The van der Waals surface area contributed by atoms with Crippen molar-refractivity contribution in [3.8, 4) is 0 Å².